The first-order chi connectivity index (χ1) is 8.13. The van der Waals surface area contributed by atoms with Crippen molar-refractivity contribution in [2.45, 2.75) is 17.0 Å². The molecule has 2 rings (SSSR count). The molecule has 0 saturated carbocycles. The number of ether oxygens (including phenoxy) is 1. The first-order valence-corrected chi connectivity index (χ1v) is 6.92. The van der Waals surface area contributed by atoms with E-state index in [0.29, 0.717) is 13.1 Å². The van der Waals surface area contributed by atoms with Crippen molar-refractivity contribution in [2.75, 3.05) is 20.2 Å². The summed E-state index contributed by atoms with van der Waals surface area (Å²) < 4.78 is 32.0. The van der Waals surface area contributed by atoms with Crippen molar-refractivity contribution in [1.82, 2.24) is 10.0 Å². The molecule has 1 aliphatic heterocycles. The smallest absolute Gasteiger partial charge is 0.240 e. The standard InChI is InChI=1S/C11H16N2O3S/c1-16-11-8-12-7-10(11)13-17(14,15)9-5-3-2-4-6-9/h2-6,10-13H,7-8H2,1H3/t10?,11-/m0/s1. The fraction of sp³-hybridized carbons (Fsp3) is 0.455. The second-order valence-electron chi connectivity index (χ2n) is 3.97. The third-order valence-electron chi connectivity index (χ3n) is 2.82. The van der Waals surface area contributed by atoms with E-state index in [4.69, 9.17) is 4.74 Å². The summed E-state index contributed by atoms with van der Waals surface area (Å²) in [5.41, 5.74) is 0. The largest absolute Gasteiger partial charge is 0.378 e. The molecule has 0 aliphatic carbocycles. The SMILES string of the molecule is CO[C@H]1CNCC1NS(=O)(=O)c1ccccc1. The fourth-order valence-corrected chi connectivity index (χ4v) is 3.17. The molecule has 1 aromatic rings. The van der Waals surface area contributed by atoms with Gasteiger partial charge in [0.2, 0.25) is 10.0 Å². The van der Waals surface area contributed by atoms with Gasteiger partial charge in [-0.2, -0.15) is 0 Å². The van der Waals surface area contributed by atoms with Gasteiger partial charge in [0, 0.05) is 20.2 Å². The van der Waals surface area contributed by atoms with E-state index in [0.717, 1.165) is 0 Å². The van der Waals surface area contributed by atoms with Gasteiger partial charge in [-0.15, -0.1) is 0 Å². The Morgan fingerprint density at radius 3 is 2.65 bits per heavy atom. The van der Waals surface area contributed by atoms with E-state index in [1.165, 1.54) is 0 Å². The van der Waals surface area contributed by atoms with Gasteiger partial charge in [0.25, 0.3) is 0 Å². The molecule has 0 radical (unpaired) electrons. The lowest BCUT2D eigenvalue weighted by Crippen LogP contribution is -2.43. The highest BCUT2D eigenvalue weighted by Crippen LogP contribution is 2.11. The summed E-state index contributed by atoms with van der Waals surface area (Å²) in [5, 5.41) is 3.10. The Kier molecular flexibility index (Phi) is 3.78. The summed E-state index contributed by atoms with van der Waals surface area (Å²) in [5.74, 6) is 0. The van der Waals surface area contributed by atoms with Crippen molar-refractivity contribution >= 4 is 10.0 Å². The molecule has 0 bridgehead atoms. The molecule has 2 N–H and O–H groups in total. The van der Waals surface area contributed by atoms with E-state index in [9.17, 15) is 8.42 Å². The molecule has 17 heavy (non-hydrogen) atoms. The van der Waals surface area contributed by atoms with Gasteiger partial charge in [-0.3, -0.25) is 0 Å². The lowest BCUT2D eigenvalue weighted by Gasteiger charge is -2.18. The highest BCUT2D eigenvalue weighted by molar-refractivity contribution is 7.89. The molecule has 1 saturated heterocycles. The Balaban J connectivity index is 2.13. The van der Waals surface area contributed by atoms with Crippen molar-refractivity contribution in [1.29, 1.82) is 0 Å². The maximum atomic E-state index is 12.1. The van der Waals surface area contributed by atoms with E-state index < -0.39 is 10.0 Å². The highest BCUT2D eigenvalue weighted by Gasteiger charge is 2.30. The van der Waals surface area contributed by atoms with Crippen molar-refractivity contribution in [2.24, 2.45) is 0 Å². The number of nitrogens with one attached hydrogen (secondary N) is 2. The summed E-state index contributed by atoms with van der Waals surface area (Å²) in [7, 11) is -1.87. The summed E-state index contributed by atoms with van der Waals surface area (Å²) in [6, 6.07) is 8.13. The average molecular weight is 256 g/mol. The molecule has 94 valence electrons. The van der Waals surface area contributed by atoms with Crippen LogP contribution in [0.2, 0.25) is 0 Å². The summed E-state index contributed by atoms with van der Waals surface area (Å²) in [4.78, 5) is 0.279. The minimum absolute atomic E-state index is 0.117. The molecule has 1 aliphatic rings. The van der Waals surface area contributed by atoms with E-state index in [1.54, 1.807) is 37.4 Å². The highest BCUT2D eigenvalue weighted by atomic mass is 32.2. The molecule has 0 aromatic heterocycles. The summed E-state index contributed by atoms with van der Waals surface area (Å²) in [6.07, 6.45) is -0.117. The van der Waals surface area contributed by atoms with Crippen LogP contribution in [-0.4, -0.2) is 40.8 Å². The Bertz CT molecular complexity index is 461. The molecule has 1 fully saturated rings. The minimum Gasteiger partial charge on any atom is -0.378 e. The van der Waals surface area contributed by atoms with Gasteiger partial charge in [0.1, 0.15) is 0 Å². The zero-order valence-electron chi connectivity index (χ0n) is 9.59. The van der Waals surface area contributed by atoms with Gasteiger partial charge in [-0.05, 0) is 12.1 Å². The molecule has 1 aromatic carbocycles. The van der Waals surface area contributed by atoms with E-state index in [1.807, 2.05) is 0 Å². The maximum Gasteiger partial charge on any atom is 0.240 e. The zero-order valence-corrected chi connectivity index (χ0v) is 10.4. The van der Waals surface area contributed by atoms with Gasteiger partial charge in [-0.1, -0.05) is 18.2 Å². The van der Waals surface area contributed by atoms with Crippen molar-refractivity contribution in [3.8, 4) is 0 Å². The van der Waals surface area contributed by atoms with E-state index in [-0.39, 0.29) is 17.0 Å². The van der Waals surface area contributed by atoms with Crippen LogP contribution in [0.4, 0.5) is 0 Å². The molecule has 1 heterocycles. The van der Waals surface area contributed by atoms with Crippen LogP contribution >= 0.6 is 0 Å². The lowest BCUT2D eigenvalue weighted by molar-refractivity contribution is 0.103. The van der Waals surface area contributed by atoms with Gasteiger partial charge >= 0.3 is 0 Å². The number of hydrogen-bond acceptors (Lipinski definition) is 4. The Morgan fingerprint density at radius 2 is 2.00 bits per heavy atom. The lowest BCUT2D eigenvalue weighted by atomic mass is 10.2. The van der Waals surface area contributed by atoms with Crippen molar-refractivity contribution in [3.63, 3.8) is 0 Å². The Morgan fingerprint density at radius 1 is 1.29 bits per heavy atom. The quantitative estimate of drug-likeness (QED) is 0.793. The second-order valence-corrected chi connectivity index (χ2v) is 5.69. The number of sulfonamides is 1. The Hall–Kier alpha value is -0.950. The van der Waals surface area contributed by atoms with Crippen LogP contribution in [0, 0.1) is 0 Å². The number of hydrogen-bond donors (Lipinski definition) is 2. The average Bonchev–Trinajstić information content (AvgIpc) is 2.77. The van der Waals surface area contributed by atoms with Crippen LogP contribution in [0.15, 0.2) is 35.2 Å². The monoisotopic (exact) mass is 256 g/mol. The van der Waals surface area contributed by atoms with Gasteiger partial charge in [-0.25, -0.2) is 13.1 Å². The third kappa shape index (κ3) is 2.84. The molecule has 2 atom stereocenters. The molecular weight excluding hydrogens is 240 g/mol. The van der Waals surface area contributed by atoms with Crippen LogP contribution < -0.4 is 10.0 Å². The fourth-order valence-electron chi connectivity index (χ4n) is 1.89. The Labute approximate surface area is 101 Å². The maximum absolute atomic E-state index is 12.1. The number of methoxy groups -OCH3 is 1. The first kappa shape index (κ1) is 12.5. The minimum atomic E-state index is -3.46. The normalized spacial score (nSPS) is 25.0. The number of benzene rings is 1. The van der Waals surface area contributed by atoms with Crippen LogP contribution in [-0.2, 0) is 14.8 Å². The predicted octanol–water partition coefficient (Wildman–Crippen LogP) is -0.0483. The van der Waals surface area contributed by atoms with Crippen LogP contribution in [0.25, 0.3) is 0 Å². The summed E-state index contributed by atoms with van der Waals surface area (Å²) in [6.45, 7) is 1.25. The molecule has 6 heteroatoms. The van der Waals surface area contributed by atoms with Gasteiger partial charge in [0.15, 0.2) is 0 Å². The van der Waals surface area contributed by atoms with E-state index in [2.05, 4.69) is 10.0 Å². The second kappa shape index (κ2) is 5.14. The molecule has 0 spiro atoms. The number of rotatable bonds is 4. The van der Waals surface area contributed by atoms with Crippen LogP contribution in [0.1, 0.15) is 0 Å². The van der Waals surface area contributed by atoms with Gasteiger partial charge in [0.05, 0.1) is 17.0 Å². The zero-order chi connectivity index (χ0) is 12.3. The summed E-state index contributed by atoms with van der Waals surface area (Å²) >= 11 is 0. The molecular formula is C11H16N2O3S. The van der Waals surface area contributed by atoms with Crippen LogP contribution in [0.5, 0.6) is 0 Å². The van der Waals surface area contributed by atoms with Crippen LogP contribution in [0.3, 0.4) is 0 Å². The van der Waals surface area contributed by atoms with Crippen molar-refractivity contribution in [3.05, 3.63) is 30.3 Å². The molecule has 1 unspecified atom stereocenters. The van der Waals surface area contributed by atoms with E-state index >= 15 is 0 Å². The van der Waals surface area contributed by atoms with Gasteiger partial charge < -0.3 is 10.1 Å². The first-order valence-electron chi connectivity index (χ1n) is 5.44. The third-order valence-corrected chi connectivity index (χ3v) is 4.33. The topological polar surface area (TPSA) is 67.4 Å². The van der Waals surface area contributed by atoms with Crippen molar-refractivity contribution < 1.29 is 13.2 Å². The predicted molar refractivity (Wildman–Crippen MR) is 64.2 cm³/mol. The molecule has 5 nitrogen and oxygen atoms in total. The molecule has 0 amide bonds.